The van der Waals surface area contributed by atoms with Gasteiger partial charge in [-0.15, -0.1) is 0 Å². The van der Waals surface area contributed by atoms with Crippen LogP contribution in [-0.4, -0.2) is 49.6 Å². The quantitative estimate of drug-likeness (QED) is 0.593. The molecule has 8 nitrogen and oxygen atoms in total. The number of methoxy groups -OCH3 is 1. The third-order valence-electron chi connectivity index (χ3n) is 3.03. The molecule has 8 heteroatoms. The topological polar surface area (TPSA) is 96.7 Å². The van der Waals surface area contributed by atoms with Gasteiger partial charge in [0.1, 0.15) is 5.75 Å². The highest BCUT2D eigenvalue weighted by Gasteiger charge is 2.14. The third-order valence-corrected chi connectivity index (χ3v) is 3.03. The molecule has 0 fully saturated rings. The zero-order valence-corrected chi connectivity index (χ0v) is 13.3. The Balaban J connectivity index is 2.66. The van der Waals surface area contributed by atoms with Crippen molar-refractivity contribution in [3.63, 3.8) is 0 Å². The summed E-state index contributed by atoms with van der Waals surface area (Å²) < 4.78 is 5.07. The highest BCUT2D eigenvalue weighted by molar-refractivity contribution is 5.91. The molecule has 0 saturated heterocycles. The van der Waals surface area contributed by atoms with Crippen LogP contribution in [0.1, 0.15) is 13.3 Å². The summed E-state index contributed by atoms with van der Waals surface area (Å²) in [6.45, 7) is 2.78. The Morgan fingerprint density at radius 2 is 2.14 bits per heavy atom. The molecule has 1 aromatic carbocycles. The van der Waals surface area contributed by atoms with Gasteiger partial charge < -0.3 is 20.3 Å². The first-order chi connectivity index (χ1) is 10.3. The van der Waals surface area contributed by atoms with E-state index in [1.165, 1.54) is 25.3 Å². The lowest BCUT2D eigenvalue weighted by Crippen LogP contribution is -2.37. The van der Waals surface area contributed by atoms with Crippen molar-refractivity contribution in [3.8, 4) is 5.75 Å². The number of carbonyl (C=O) groups is 1. The number of rotatable bonds is 7. The molecule has 122 valence electrons. The van der Waals surface area contributed by atoms with Gasteiger partial charge in [-0.05, 0) is 40.1 Å². The number of anilines is 1. The second-order valence-electron chi connectivity index (χ2n) is 5.23. The smallest absolute Gasteiger partial charge is 0.319 e. The summed E-state index contributed by atoms with van der Waals surface area (Å²) in [5.41, 5.74) is 0.285. The molecule has 0 aliphatic heterocycles. The summed E-state index contributed by atoms with van der Waals surface area (Å²) in [5, 5.41) is 16.2. The normalized spacial score (nSPS) is 11.9. The molecular weight excluding hydrogens is 288 g/mol. The van der Waals surface area contributed by atoms with E-state index >= 15 is 0 Å². The van der Waals surface area contributed by atoms with Gasteiger partial charge in [0.05, 0.1) is 23.8 Å². The van der Waals surface area contributed by atoms with E-state index in [-0.39, 0.29) is 23.5 Å². The van der Waals surface area contributed by atoms with E-state index < -0.39 is 4.92 Å². The largest absolute Gasteiger partial charge is 0.494 e. The molecule has 0 aliphatic rings. The lowest BCUT2D eigenvalue weighted by molar-refractivity contribution is -0.384. The lowest BCUT2D eigenvalue weighted by Gasteiger charge is -2.17. The molecule has 0 radical (unpaired) electrons. The van der Waals surface area contributed by atoms with Crippen LogP contribution in [0.5, 0.6) is 5.75 Å². The van der Waals surface area contributed by atoms with Crippen LogP contribution < -0.4 is 15.4 Å². The maximum Gasteiger partial charge on any atom is 0.319 e. The second kappa shape index (κ2) is 8.18. The van der Waals surface area contributed by atoms with Gasteiger partial charge in [0, 0.05) is 12.1 Å². The maximum absolute atomic E-state index is 11.9. The molecule has 1 atom stereocenters. The predicted molar refractivity (Wildman–Crippen MR) is 84.4 cm³/mol. The van der Waals surface area contributed by atoms with Crippen molar-refractivity contribution in [2.75, 3.05) is 33.1 Å². The zero-order chi connectivity index (χ0) is 16.7. The Morgan fingerprint density at radius 1 is 1.45 bits per heavy atom. The van der Waals surface area contributed by atoms with Crippen LogP contribution in [-0.2, 0) is 0 Å². The van der Waals surface area contributed by atoms with Gasteiger partial charge in [-0.2, -0.15) is 0 Å². The average Bonchev–Trinajstić information content (AvgIpc) is 2.45. The van der Waals surface area contributed by atoms with E-state index in [4.69, 9.17) is 4.74 Å². The van der Waals surface area contributed by atoms with Crippen molar-refractivity contribution < 1.29 is 14.5 Å². The van der Waals surface area contributed by atoms with Crippen LogP contribution in [0.4, 0.5) is 16.2 Å². The number of nitrogens with one attached hydrogen (secondary N) is 2. The molecule has 0 aliphatic carbocycles. The molecule has 1 rings (SSSR count). The number of hydrogen-bond donors (Lipinski definition) is 2. The van der Waals surface area contributed by atoms with Crippen LogP contribution >= 0.6 is 0 Å². The van der Waals surface area contributed by atoms with Crippen molar-refractivity contribution in [2.24, 2.45) is 0 Å². The maximum atomic E-state index is 11.9. The van der Waals surface area contributed by atoms with E-state index in [9.17, 15) is 14.9 Å². The first kappa shape index (κ1) is 17.7. The Bertz CT molecular complexity index is 534. The average molecular weight is 310 g/mol. The minimum absolute atomic E-state index is 0.00597. The Morgan fingerprint density at radius 3 is 2.68 bits per heavy atom. The van der Waals surface area contributed by atoms with Crippen LogP contribution in [0.3, 0.4) is 0 Å². The molecule has 0 spiro atoms. The molecule has 1 aromatic rings. The third kappa shape index (κ3) is 5.57. The van der Waals surface area contributed by atoms with Crippen molar-refractivity contribution in [2.45, 2.75) is 19.4 Å². The highest BCUT2D eigenvalue weighted by Crippen LogP contribution is 2.28. The number of non-ortho nitro benzene ring substituents is 1. The fourth-order valence-electron chi connectivity index (χ4n) is 1.80. The number of benzene rings is 1. The van der Waals surface area contributed by atoms with Crippen LogP contribution in [0.2, 0.25) is 0 Å². The number of ether oxygens (including phenoxy) is 1. The summed E-state index contributed by atoms with van der Waals surface area (Å²) >= 11 is 0. The summed E-state index contributed by atoms with van der Waals surface area (Å²) in [6.07, 6.45) is 0.817. The van der Waals surface area contributed by atoms with Gasteiger partial charge in [-0.1, -0.05) is 0 Å². The Labute approximate surface area is 129 Å². The van der Waals surface area contributed by atoms with Crippen LogP contribution in [0, 0.1) is 10.1 Å². The molecule has 0 saturated carbocycles. The summed E-state index contributed by atoms with van der Waals surface area (Å²) in [5.74, 6) is 0.241. The minimum Gasteiger partial charge on any atom is -0.494 e. The summed E-state index contributed by atoms with van der Waals surface area (Å²) in [6, 6.07) is 3.66. The Hall–Kier alpha value is -2.35. The molecule has 2 N–H and O–H groups in total. The minimum atomic E-state index is -0.518. The van der Waals surface area contributed by atoms with Gasteiger partial charge in [-0.3, -0.25) is 10.1 Å². The van der Waals surface area contributed by atoms with Gasteiger partial charge in [0.15, 0.2) is 0 Å². The number of nitro benzene ring substituents is 1. The Kier molecular flexibility index (Phi) is 6.58. The van der Waals surface area contributed by atoms with Crippen molar-refractivity contribution in [1.82, 2.24) is 10.2 Å². The van der Waals surface area contributed by atoms with Crippen LogP contribution in [0.25, 0.3) is 0 Å². The van der Waals surface area contributed by atoms with Crippen molar-refractivity contribution >= 4 is 17.4 Å². The van der Waals surface area contributed by atoms with E-state index in [2.05, 4.69) is 10.6 Å². The molecule has 0 heterocycles. The van der Waals surface area contributed by atoms with Gasteiger partial charge in [0.25, 0.3) is 5.69 Å². The number of nitrogens with zero attached hydrogens (tertiary/aromatic N) is 2. The van der Waals surface area contributed by atoms with Crippen molar-refractivity contribution in [1.29, 1.82) is 0 Å². The summed E-state index contributed by atoms with van der Waals surface area (Å²) in [4.78, 5) is 24.2. The molecular formula is C14H22N4O4. The number of urea groups is 1. The van der Waals surface area contributed by atoms with Crippen molar-refractivity contribution in [3.05, 3.63) is 28.3 Å². The lowest BCUT2D eigenvalue weighted by atomic mass is 10.2. The monoisotopic (exact) mass is 310 g/mol. The number of hydrogen-bond acceptors (Lipinski definition) is 5. The van der Waals surface area contributed by atoms with Gasteiger partial charge in [-0.25, -0.2) is 4.79 Å². The van der Waals surface area contributed by atoms with Gasteiger partial charge >= 0.3 is 6.03 Å². The molecule has 22 heavy (non-hydrogen) atoms. The van der Waals surface area contributed by atoms with E-state index in [0.29, 0.717) is 5.69 Å². The fourth-order valence-corrected chi connectivity index (χ4v) is 1.80. The highest BCUT2D eigenvalue weighted by atomic mass is 16.6. The van der Waals surface area contributed by atoms with Gasteiger partial charge in [0.2, 0.25) is 0 Å². The first-order valence-corrected chi connectivity index (χ1v) is 6.88. The second-order valence-corrected chi connectivity index (χ2v) is 5.23. The number of amides is 2. The zero-order valence-electron chi connectivity index (χ0n) is 13.3. The number of carbonyl (C=O) groups excluding carboxylic acids is 1. The number of nitro groups is 1. The van der Waals surface area contributed by atoms with Crippen LogP contribution in [0.15, 0.2) is 18.2 Å². The fraction of sp³-hybridized carbons (Fsp3) is 0.500. The molecule has 0 aromatic heterocycles. The predicted octanol–water partition coefficient (Wildman–Crippen LogP) is 2.07. The SMILES string of the molecule is COc1cc([N+](=O)[O-])ccc1NC(=O)N[C@@H](C)CCN(C)C. The standard InChI is InChI=1S/C14H22N4O4/c1-10(7-8-17(2)3)15-14(19)16-12-6-5-11(18(20)21)9-13(12)22-4/h5-6,9-10H,7-8H2,1-4H3,(H2,15,16,19)/t10-/m0/s1. The first-order valence-electron chi connectivity index (χ1n) is 6.88. The molecule has 0 unspecified atom stereocenters. The van der Waals surface area contributed by atoms with E-state index in [0.717, 1.165) is 13.0 Å². The summed E-state index contributed by atoms with van der Waals surface area (Å²) in [7, 11) is 5.32. The molecule has 2 amide bonds. The molecule has 0 bridgehead atoms. The van der Waals surface area contributed by atoms with E-state index in [1.807, 2.05) is 25.9 Å². The van der Waals surface area contributed by atoms with E-state index in [1.54, 1.807) is 0 Å².